The molecule has 0 amide bonds. The fourth-order valence-corrected chi connectivity index (χ4v) is 7.28. The minimum Gasteiger partial charge on any atom is -0.497 e. The number of nitrogens with zero attached hydrogens (tertiary/aromatic N) is 1. The van der Waals surface area contributed by atoms with Gasteiger partial charge in [-0.15, -0.1) is 0 Å². The molecule has 0 unspecified atom stereocenters. The normalized spacial score (nSPS) is 21.0. The molecule has 8 heteroatoms. The standard InChI is InChI=1S/C35H25ClFNO5/c1-42-23-13-15-28(43-2)26(18-23)30-31(32(39)19-7-10-21(36)11-8-19)38-27-14-12-22(37)17-20(27)9-16-29(38)35(30)33(40)24-5-3-4-6-25(24)34(35)41/h3-18,29-31H,1-2H3/t29-,30+,31-/m1/s1. The summed E-state index contributed by atoms with van der Waals surface area (Å²) < 4.78 is 25.8. The maximum atomic E-state index is 14.8. The number of carbonyl (C=O) groups excluding carboxylic acids is 3. The topological polar surface area (TPSA) is 72.9 Å². The molecule has 214 valence electrons. The van der Waals surface area contributed by atoms with Gasteiger partial charge in [0.05, 0.1) is 20.3 Å². The first kappa shape index (κ1) is 27.1. The van der Waals surface area contributed by atoms with Crippen LogP contribution in [0.15, 0.2) is 91.0 Å². The van der Waals surface area contributed by atoms with Crippen molar-refractivity contribution < 1.29 is 28.2 Å². The van der Waals surface area contributed by atoms with E-state index in [4.69, 9.17) is 21.1 Å². The number of Topliss-reactive ketones (excluding diaryl/α,β-unsaturated/α-hetero) is 3. The van der Waals surface area contributed by atoms with Crippen LogP contribution < -0.4 is 14.4 Å². The number of halogens is 2. The molecule has 43 heavy (non-hydrogen) atoms. The smallest absolute Gasteiger partial charge is 0.185 e. The van der Waals surface area contributed by atoms with Crippen molar-refractivity contribution in [2.75, 3.05) is 19.1 Å². The van der Waals surface area contributed by atoms with Gasteiger partial charge in [0, 0.05) is 44.4 Å². The molecule has 2 heterocycles. The van der Waals surface area contributed by atoms with Crippen molar-refractivity contribution in [1.29, 1.82) is 0 Å². The van der Waals surface area contributed by atoms with Gasteiger partial charge in [-0.05, 0) is 60.7 Å². The Morgan fingerprint density at radius 2 is 1.58 bits per heavy atom. The highest BCUT2D eigenvalue weighted by Gasteiger charge is 2.72. The number of ketones is 3. The second kappa shape index (κ2) is 9.92. The quantitative estimate of drug-likeness (QED) is 0.187. The Morgan fingerprint density at radius 3 is 2.23 bits per heavy atom. The molecule has 1 aliphatic carbocycles. The largest absolute Gasteiger partial charge is 0.497 e. The Balaban J connectivity index is 1.58. The SMILES string of the molecule is COc1ccc(OC)c([C@H]2[C@H](C(=O)c3ccc(Cl)cc3)N3c4ccc(F)cc4C=C[C@@H]3C23C(=O)c2ccccc2C3=O)c1. The van der Waals surface area contributed by atoms with Gasteiger partial charge in [-0.25, -0.2) is 4.39 Å². The van der Waals surface area contributed by atoms with Crippen LogP contribution in [0.3, 0.4) is 0 Å². The summed E-state index contributed by atoms with van der Waals surface area (Å²) in [6.45, 7) is 0. The lowest BCUT2D eigenvalue weighted by atomic mass is 9.64. The zero-order valence-electron chi connectivity index (χ0n) is 23.2. The average Bonchev–Trinajstić information content (AvgIpc) is 3.46. The van der Waals surface area contributed by atoms with E-state index in [1.54, 1.807) is 84.9 Å². The summed E-state index contributed by atoms with van der Waals surface area (Å²) in [7, 11) is 3.02. The molecule has 1 saturated heterocycles. The fraction of sp³-hybridized carbons (Fsp3) is 0.171. The molecule has 4 aromatic carbocycles. The van der Waals surface area contributed by atoms with Gasteiger partial charge in [-0.1, -0.05) is 48.0 Å². The van der Waals surface area contributed by atoms with Crippen molar-refractivity contribution in [1.82, 2.24) is 0 Å². The van der Waals surface area contributed by atoms with Crippen molar-refractivity contribution in [2.45, 2.75) is 18.0 Å². The summed E-state index contributed by atoms with van der Waals surface area (Å²) in [6, 6.07) is 20.8. The first-order chi connectivity index (χ1) is 20.8. The third kappa shape index (κ3) is 3.74. The van der Waals surface area contributed by atoms with Crippen molar-refractivity contribution in [2.24, 2.45) is 5.41 Å². The van der Waals surface area contributed by atoms with Crippen molar-refractivity contribution >= 4 is 40.7 Å². The van der Waals surface area contributed by atoms with Gasteiger partial charge in [0.25, 0.3) is 0 Å². The zero-order valence-corrected chi connectivity index (χ0v) is 24.0. The van der Waals surface area contributed by atoms with Crippen LogP contribution in [0.4, 0.5) is 10.1 Å². The molecule has 7 rings (SSSR count). The van der Waals surface area contributed by atoms with Crippen LogP contribution in [0.1, 0.15) is 48.1 Å². The summed E-state index contributed by atoms with van der Waals surface area (Å²) in [4.78, 5) is 46.2. The first-order valence-electron chi connectivity index (χ1n) is 13.8. The van der Waals surface area contributed by atoms with Crippen LogP contribution >= 0.6 is 11.6 Å². The van der Waals surface area contributed by atoms with Gasteiger partial charge in [-0.3, -0.25) is 14.4 Å². The highest BCUT2D eigenvalue weighted by molar-refractivity contribution is 6.32. The summed E-state index contributed by atoms with van der Waals surface area (Å²) in [5.74, 6) is -1.66. The minimum atomic E-state index is -1.74. The molecular weight excluding hydrogens is 569 g/mol. The number of carbonyl (C=O) groups is 3. The average molecular weight is 594 g/mol. The molecular formula is C35H25ClFNO5. The summed E-state index contributed by atoms with van der Waals surface area (Å²) in [5.41, 5.74) is 0.782. The van der Waals surface area contributed by atoms with Gasteiger partial charge in [-0.2, -0.15) is 0 Å². The second-order valence-electron chi connectivity index (χ2n) is 10.9. The Kier molecular flexibility index (Phi) is 6.25. The molecule has 2 aliphatic heterocycles. The zero-order chi connectivity index (χ0) is 30.0. The number of methoxy groups -OCH3 is 2. The Labute approximate surface area is 252 Å². The summed E-state index contributed by atoms with van der Waals surface area (Å²) >= 11 is 6.17. The third-order valence-electron chi connectivity index (χ3n) is 8.94. The van der Waals surface area contributed by atoms with Gasteiger partial charge in [0.1, 0.15) is 28.8 Å². The lowest BCUT2D eigenvalue weighted by Gasteiger charge is -2.37. The van der Waals surface area contributed by atoms with Gasteiger partial charge in [0.15, 0.2) is 17.3 Å². The van der Waals surface area contributed by atoms with Crippen LogP contribution in [0, 0.1) is 11.2 Å². The molecule has 1 fully saturated rings. The maximum Gasteiger partial charge on any atom is 0.185 e. The molecule has 0 N–H and O–H groups in total. The fourth-order valence-electron chi connectivity index (χ4n) is 7.16. The maximum absolute atomic E-state index is 14.8. The molecule has 0 radical (unpaired) electrons. The lowest BCUT2D eigenvalue weighted by Crippen LogP contribution is -2.48. The van der Waals surface area contributed by atoms with Crippen LogP contribution in [-0.2, 0) is 0 Å². The molecule has 3 aliphatic rings. The van der Waals surface area contributed by atoms with Gasteiger partial charge in [0.2, 0.25) is 0 Å². The molecule has 0 aromatic heterocycles. The van der Waals surface area contributed by atoms with Crippen molar-refractivity contribution in [3.05, 3.63) is 130 Å². The molecule has 4 aromatic rings. The number of benzene rings is 4. The van der Waals surface area contributed by atoms with Crippen LogP contribution in [-0.4, -0.2) is 43.7 Å². The second-order valence-corrected chi connectivity index (χ2v) is 11.3. The number of hydrogen-bond acceptors (Lipinski definition) is 6. The molecule has 1 spiro atoms. The predicted octanol–water partition coefficient (Wildman–Crippen LogP) is 6.81. The Morgan fingerprint density at radius 1 is 0.884 bits per heavy atom. The number of fused-ring (bicyclic) bond motifs is 5. The number of ether oxygens (including phenoxy) is 2. The van der Waals surface area contributed by atoms with E-state index in [1.165, 1.54) is 26.4 Å². The predicted molar refractivity (Wildman–Crippen MR) is 161 cm³/mol. The van der Waals surface area contributed by atoms with E-state index in [2.05, 4.69) is 0 Å². The highest BCUT2D eigenvalue weighted by Crippen LogP contribution is 2.62. The van der Waals surface area contributed by atoms with E-state index in [1.807, 2.05) is 4.90 Å². The highest BCUT2D eigenvalue weighted by atomic mass is 35.5. The van der Waals surface area contributed by atoms with E-state index in [9.17, 15) is 18.8 Å². The van der Waals surface area contributed by atoms with E-state index in [-0.39, 0.29) is 17.3 Å². The van der Waals surface area contributed by atoms with E-state index in [0.717, 1.165) is 0 Å². The monoisotopic (exact) mass is 593 g/mol. The Hall–Kier alpha value is -4.75. The molecule has 0 bridgehead atoms. The Bertz CT molecular complexity index is 1830. The van der Waals surface area contributed by atoms with Crippen LogP contribution in [0.5, 0.6) is 11.5 Å². The van der Waals surface area contributed by atoms with Gasteiger partial charge < -0.3 is 14.4 Å². The lowest BCUT2D eigenvalue weighted by molar-refractivity contribution is 0.0664. The minimum absolute atomic E-state index is 0.303. The van der Waals surface area contributed by atoms with Crippen molar-refractivity contribution in [3.63, 3.8) is 0 Å². The number of rotatable bonds is 5. The first-order valence-corrected chi connectivity index (χ1v) is 14.2. The van der Waals surface area contributed by atoms with E-state index in [0.29, 0.717) is 50.0 Å². The molecule has 0 saturated carbocycles. The number of anilines is 1. The summed E-state index contributed by atoms with van der Waals surface area (Å²) in [5, 5.41) is 0.460. The van der Waals surface area contributed by atoms with Crippen molar-refractivity contribution in [3.8, 4) is 11.5 Å². The van der Waals surface area contributed by atoms with E-state index < -0.39 is 29.2 Å². The van der Waals surface area contributed by atoms with Crippen LogP contribution in [0.2, 0.25) is 5.02 Å². The third-order valence-corrected chi connectivity index (χ3v) is 9.19. The molecule has 3 atom stereocenters. The molecule has 6 nitrogen and oxygen atoms in total. The van der Waals surface area contributed by atoms with Crippen LogP contribution in [0.25, 0.3) is 6.08 Å². The summed E-state index contributed by atoms with van der Waals surface area (Å²) in [6.07, 6.45) is 3.47. The van der Waals surface area contributed by atoms with E-state index >= 15 is 0 Å². The number of hydrogen-bond donors (Lipinski definition) is 0. The van der Waals surface area contributed by atoms with Gasteiger partial charge >= 0.3 is 0 Å².